The molecule has 0 fully saturated rings. The molecule has 0 saturated carbocycles. The van der Waals surface area contributed by atoms with E-state index in [-0.39, 0.29) is 0 Å². The van der Waals surface area contributed by atoms with Crippen molar-refractivity contribution in [3.05, 3.63) is 66.0 Å². The van der Waals surface area contributed by atoms with Crippen LogP contribution in [0, 0.1) is 5.82 Å². The number of halogens is 1. The Kier molecular flexibility index (Phi) is 6.11. The lowest BCUT2D eigenvalue weighted by molar-refractivity contribution is -0.150. The summed E-state index contributed by atoms with van der Waals surface area (Å²) in [7, 11) is 4.19. The van der Waals surface area contributed by atoms with Crippen LogP contribution in [-0.2, 0) is 19.1 Å². The second kappa shape index (κ2) is 8.28. The number of benzene rings is 2. The highest BCUT2D eigenvalue weighted by Gasteiger charge is 2.40. The highest BCUT2D eigenvalue weighted by molar-refractivity contribution is 5.91. The van der Waals surface area contributed by atoms with Crippen molar-refractivity contribution >= 4 is 17.6 Å². The molecular formula is C19H20FNO4. The van der Waals surface area contributed by atoms with E-state index in [0.717, 1.165) is 5.69 Å². The predicted molar refractivity (Wildman–Crippen MR) is 91.8 cm³/mol. The number of methoxy groups -OCH3 is 2. The van der Waals surface area contributed by atoms with Gasteiger partial charge in [-0.3, -0.25) is 4.79 Å². The number of carbonyl (C=O) groups is 2. The SMILES string of the molecule is COC(=O)C(c1ccc(F)cc1)C(C(=O)OC)N(C)c1ccccc1. The molecule has 2 rings (SSSR count). The van der Waals surface area contributed by atoms with E-state index in [0.29, 0.717) is 5.56 Å². The molecular weight excluding hydrogens is 325 g/mol. The number of anilines is 1. The van der Waals surface area contributed by atoms with E-state index in [2.05, 4.69) is 0 Å². The van der Waals surface area contributed by atoms with E-state index in [4.69, 9.17) is 9.47 Å². The Morgan fingerprint density at radius 1 is 0.920 bits per heavy atom. The zero-order valence-corrected chi connectivity index (χ0v) is 14.3. The molecule has 5 nitrogen and oxygen atoms in total. The minimum absolute atomic E-state index is 0.432. The second-order valence-corrected chi connectivity index (χ2v) is 5.47. The van der Waals surface area contributed by atoms with Gasteiger partial charge < -0.3 is 14.4 Å². The Balaban J connectivity index is 2.52. The fourth-order valence-electron chi connectivity index (χ4n) is 2.71. The molecule has 2 unspecified atom stereocenters. The summed E-state index contributed by atoms with van der Waals surface area (Å²) in [6.45, 7) is 0. The van der Waals surface area contributed by atoms with Gasteiger partial charge in [0.2, 0.25) is 0 Å². The second-order valence-electron chi connectivity index (χ2n) is 5.47. The fraction of sp³-hybridized carbons (Fsp3) is 0.263. The van der Waals surface area contributed by atoms with Gasteiger partial charge in [0, 0.05) is 12.7 Å². The Labute approximate surface area is 146 Å². The molecule has 0 heterocycles. The molecule has 2 atom stereocenters. The highest BCUT2D eigenvalue weighted by Crippen LogP contribution is 2.29. The summed E-state index contributed by atoms with van der Waals surface area (Å²) >= 11 is 0. The van der Waals surface area contributed by atoms with Crippen LogP contribution in [0.5, 0.6) is 0 Å². The Morgan fingerprint density at radius 3 is 2.00 bits per heavy atom. The van der Waals surface area contributed by atoms with E-state index < -0.39 is 29.7 Å². The van der Waals surface area contributed by atoms with Crippen molar-refractivity contribution in [2.75, 3.05) is 26.2 Å². The smallest absolute Gasteiger partial charge is 0.329 e. The van der Waals surface area contributed by atoms with Gasteiger partial charge >= 0.3 is 11.9 Å². The number of likely N-dealkylation sites (N-methyl/N-ethyl adjacent to an activating group) is 1. The van der Waals surface area contributed by atoms with Crippen LogP contribution in [0.15, 0.2) is 54.6 Å². The van der Waals surface area contributed by atoms with Gasteiger partial charge in [-0.25, -0.2) is 9.18 Å². The summed E-state index contributed by atoms with van der Waals surface area (Å²) in [5, 5.41) is 0. The zero-order valence-electron chi connectivity index (χ0n) is 14.3. The number of para-hydroxylation sites is 1. The number of ether oxygens (including phenoxy) is 2. The third-order valence-electron chi connectivity index (χ3n) is 4.02. The first kappa shape index (κ1) is 18.4. The molecule has 2 aromatic rings. The molecule has 6 heteroatoms. The van der Waals surface area contributed by atoms with Crippen LogP contribution in [0.25, 0.3) is 0 Å². The summed E-state index contributed by atoms with van der Waals surface area (Å²) in [6, 6.07) is 13.6. The van der Waals surface area contributed by atoms with E-state index in [1.54, 1.807) is 11.9 Å². The Hall–Kier alpha value is -2.89. The third-order valence-corrected chi connectivity index (χ3v) is 4.02. The Morgan fingerprint density at radius 2 is 1.48 bits per heavy atom. The monoisotopic (exact) mass is 345 g/mol. The molecule has 0 spiro atoms. The number of nitrogens with zero attached hydrogens (tertiary/aromatic N) is 1. The molecule has 0 radical (unpaired) electrons. The molecule has 0 saturated heterocycles. The van der Waals surface area contributed by atoms with Gasteiger partial charge in [-0.1, -0.05) is 30.3 Å². The number of hydrogen-bond donors (Lipinski definition) is 0. The fourth-order valence-corrected chi connectivity index (χ4v) is 2.71. The van der Waals surface area contributed by atoms with Crippen molar-refractivity contribution in [2.45, 2.75) is 12.0 Å². The van der Waals surface area contributed by atoms with Crippen molar-refractivity contribution in [3.63, 3.8) is 0 Å². The van der Waals surface area contributed by atoms with Crippen molar-refractivity contribution < 1.29 is 23.5 Å². The zero-order chi connectivity index (χ0) is 18.4. The molecule has 0 amide bonds. The lowest BCUT2D eigenvalue weighted by Crippen LogP contribution is -2.47. The van der Waals surface area contributed by atoms with E-state index >= 15 is 0 Å². The maximum atomic E-state index is 13.3. The molecule has 25 heavy (non-hydrogen) atoms. The van der Waals surface area contributed by atoms with Gasteiger partial charge in [-0.2, -0.15) is 0 Å². The third kappa shape index (κ3) is 4.15. The molecule has 132 valence electrons. The molecule has 0 aliphatic carbocycles. The lowest BCUT2D eigenvalue weighted by Gasteiger charge is -2.32. The van der Waals surface area contributed by atoms with Gasteiger partial charge in [-0.15, -0.1) is 0 Å². The standard InChI is InChI=1S/C19H20FNO4/c1-21(15-7-5-4-6-8-15)17(19(23)25-3)16(18(22)24-2)13-9-11-14(20)12-10-13/h4-12,16-17H,1-3H3. The van der Waals surface area contributed by atoms with Crippen LogP contribution >= 0.6 is 0 Å². The van der Waals surface area contributed by atoms with Crippen LogP contribution in [0.2, 0.25) is 0 Å². The van der Waals surface area contributed by atoms with E-state index in [9.17, 15) is 14.0 Å². The van der Waals surface area contributed by atoms with Crippen LogP contribution in [-0.4, -0.2) is 39.2 Å². The first-order valence-electron chi connectivity index (χ1n) is 7.68. The predicted octanol–water partition coefficient (Wildman–Crippen LogP) is 2.76. The lowest BCUT2D eigenvalue weighted by atomic mass is 9.90. The summed E-state index contributed by atoms with van der Waals surface area (Å²) in [4.78, 5) is 26.6. The van der Waals surface area contributed by atoms with Gasteiger partial charge in [0.05, 0.1) is 14.2 Å². The molecule has 0 N–H and O–H groups in total. The average molecular weight is 345 g/mol. The maximum absolute atomic E-state index is 13.3. The van der Waals surface area contributed by atoms with Crippen LogP contribution in [0.3, 0.4) is 0 Å². The van der Waals surface area contributed by atoms with Crippen LogP contribution < -0.4 is 4.90 Å². The summed E-state index contributed by atoms with van der Waals surface area (Å²) in [5.41, 5.74) is 1.19. The highest BCUT2D eigenvalue weighted by atomic mass is 19.1. The van der Waals surface area contributed by atoms with Crippen LogP contribution in [0.1, 0.15) is 11.5 Å². The molecule has 2 aromatic carbocycles. The largest absolute Gasteiger partial charge is 0.468 e. The topological polar surface area (TPSA) is 55.8 Å². The minimum Gasteiger partial charge on any atom is -0.468 e. The van der Waals surface area contributed by atoms with Gasteiger partial charge in [0.25, 0.3) is 0 Å². The van der Waals surface area contributed by atoms with Crippen molar-refractivity contribution in [2.24, 2.45) is 0 Å². The molecule has 0 bridgehead atoms. The molecule has 0 aromatic heterocycles. The number of esters is 2. The Bertz CT molecular complexity index is 718. The van der Waals surface area contributed by atoms with E-state index in [1.165, 1.54) is 38.5 Å². The normalized spacial score (nSPS) is 12.8. The van der Waals surface area contributed by atoms with Crippen molar-refractivity contribution in [3.8, 4) is 0 Å². The quantitative estimate of drug-likeness (QED) is 0.754. The minimum atomic E-state index is -0.969. The first-order chi connectivity index (χ1) is 12.0. The maximum Gasteiger partial charge on any atom is 0.329 e. The first-order valence-corrected chi connectivity index (χ1v) is 7.68. The summed E-state index contributed by atoms with van der Waals surface area (Å²) < 4.78 is 23.1. The summed E-state index contributed by atoms with van der Waals surface area (Å²) in [5.74, 6) is -2.60. The van der Waals surface area contributed by atoms with E-state index in [1.807, 2.05) is 30.3 Å². The molecule has 0 aliphatic heterocycles. The average Bonchev–Trinajstić information content (AvgIpc) is 2.66. The number of hydrogen-bond acceptors (Lipinski definition) is 5. The van der Waals surface area contributed by atoms with Gasteiger partial charge in [0.1, 0.15) is 17.8 Å². The van der Waals surface area contributed by atoms with Crippen molar-refractivity contribution in [1.82, 2.24) is 0 Å². The summed E-state index contributed by atoms with van der Waals surface area (Å²) in [6.07, 6.45) is 0. The van der Waals surface area contributed by atoms with Crippen LogP contribution in [0.4, 0.5) is 10.1 Å². The van der Waals surface area contributed by atoms with Crippen molar-refractivity contribution in [1.29, 1.82) is 0 Å². The molecule has 0 aliphatic rings. The number of rotatable bonds is 6. The van der Waals surface area contributed by atoms with Gasteiger partial charge in [0.15, 0.2) is 0 Å². The van der Waals surface area contributed by atoms with Gasteiger partial charge in [-0.05, 0) is 29.8 Å². The number of carbonyl (C=O) groups excluding carboxylic acids is 2.